The van der Waals surface area contributed by atoms with Crippen LogP contribution < -0.4 is 22.5 Å². The molecule has 9 heteroatoms. The van der Waals surface area contributed by atoms with Crippen molar-refractivity contribution in [2.75, 3.05) is 26.2 Å². The Morgan fingerprint density at radius 3 is 2.44 bits per heavy atom. The van der Waals surface area contributed by atoms with Crippen LogP contribution in [0.15, 0.2) is 36.5 Å². The average molecular weight is 497 g/mol. The maximum atomic E-state index is 13.4. The van der Waals surface area contributed by atoms with Crippen molar-refractivity contribution in [3.05, 3.63) is 42.1 Å². The number of fused-ring (bicyclic) bond motifs is 1. The van der Waals surface area contributed by atoms with Gasteiger partial charge in [-0.25, -0.2) is 0 Å². The second kappa shape index (κ2) is 14.0. The summed E-state index contributed by atoms with van der Waals surface area (Å²) >= 11 is 0. The number of rotatable bonds is 13. The number of carbonyl (C=O) groups excluding carboxylic acids is 3. The lowest BCUT2D eigenvalue weighted by Gasteiger charge is -2.28. The van der Waals surface area contributed by atoms with Gasteiger partial charge in [-0.15, -0.1) is 0 Å². The second-order valence-electron chi connectivity index (χ2n) is 9.75. The van der Waals surface area contributed by atoms with Crippen molar-refractivity contribution in [2.24, 2.45) is 23.1 Å². The summed E-state index contributed by atoms with van der Waals surface area (Å²) in [7, 11) is 0. The number of hydrogen-bond donors (Lipinski definition) is 4. The second-order valence-corrected chi connectivity index (χ2v) is 9.75. The molecule has 2 aromatic rings. The predicted octanol–water partition coefficient (Wildman–Crippen LogP) is 1.27. The molecular weight excluding hydrogens is 456 g/mol. The number of pyridine rings is 1. The van der Waals surface area contributed by atoms with Crippen LogP contribution >= 0.6 is 0 Å². The molecule has 0 saturated heterocycles. The monoisotopic (exact) mass is 496 g/mol. The number of benzene rings is 1. The fourth-order valence-corrected chi connectivity index (χ4v) is 4.93. The van der Waals surface area contributed by atoms with Crippen molar-refractivity contribution >= 4 is 28.5 Å². The SMILES string of the molecule is NCCN(CCN)C(=O)C[C@H](N)C(=O)N[C@@H](CC1CCCCC1)C(=O)Cc1cnc2ccccc2c1. The zero-order valence-electron chi connectivity index (χ0n) is 21.0. The van der Waals surface area contributed by atoms with Gasteiger partial charge in [-0.1, -0.05) is 50.3 Å². The van der Waals surface area contributed by atoms with Crippen LogP contribution in [0.5, 0.6) is 0 Å². The molecule has 196 valence electrons. The number of hydrogen-bond acceptors (Lipinski definition) is 7. The van der Waals surface area contributed by atoms with Crippen LogP contribution in [0.2, 0.25) is 0 Å². The summed E-state index contributed by atoms with van der Waals surface area (Å²) in [5, 5.41) is 3.84. The summed E-state index contributed by atoms with van der Waals surface area (Å²) in [4.78, 5) is 45.0. The van der Waals surface area contributed by atoms with Crippen molar-refractivity contribution in [3.63, 3.8) is 0 Å². The molecule has 9 nitrogen and oxygen atoms in total. The molecule has 0 aliphatic heterocycles. The van der Waals surface area contributed by atoms with E-state index < -0.39 is 18.0 Å². The minimum atomic E-state index is -1.06. The van der Waals surface area contributed by atoms with Gasteiger partial charge in [-0.2, -0.15) is 0 Å². The van der Waals surface area contributed by atoms with E-state index in [1.54, 1.807) is 6.20 Å². The largest absolute Gasteiger partial charge is 0.345 e. The maximum absolute atomic E-state index is 13.4. The summed E-state index contributed by atoms with van der Waals surface area (Å²) in [6.45, 7) is 1.31. The van der Waals surface area contributed by atoms with Gasteiger partial charge in [0.15, 0.2) is 5.78 Å². The van der Waals surface area contributed by atoms with E-state index >= 15 is 0 Å². The summed E-state index contributed by atoms with van der Waals surface area (Å²) < 4.78 is 0. The molecule has 1 saturated carbocycles. The van der Waals surface area contributed by atoms with E-state index in [-0.39, 0.29) is 24.5 Å². The van der Waals surface area contributed by atoms with Gasteiger partial charge in [0.25, 0.3) is 0 Å². The van der Waals surface area contributed by atoms with Gasteiger partial charge in [-0.3, -0.25) is 19.4 Å². The number of aromatic nitrogens is 1. The highest BCUT2D eigenvalue weighted by atomic mass is 16.2. The molecule has 0 bridgehead atoms. The van der Waals surface area contributed by atoms with Gasteiger partial charge in [-0.05, 0) is 30.0 Å². The Hall–Kier alpha value is -2.88. The van der Waals surface area contributed by atoms with Gasteiger partial charge in [0.1, 0.15) is 0 Å². The van der Waals surface area contributed by atoms with Crippen LogP contribution in [0, 0.1) is 5.92 Å². The third kappa shape index (κ3) is 8.08. The van der Waals surface area contributed by atoms with E-state index in [2.05, 4.69) is 10.3 Å². The first-order valence-electron chi connectivity index (χ1n) is 13.0. The molecule has 2 amide bonds. The molecule has 0 spiro atoms. The zero-order chi connectivity index (χ0) is 25.9. The van der Waals surface area contributed by atoms with E-state index in [1.165, 1.54) is 11.3 Å². The van der Waals surface area contributed by atoms with E-state index in [1.807, 2.05) is 30.3 Å². The Balaban J connectivity index is 1.67. The molecule has 1 heterocycles. The van der Waals surface area contributed by atoms with Crippen LogP contribution in [0.1, 0.15) is 50.5 Å². The molecule has 1 aliphatic rings. The van der Waals surface area contributed by atoms with E-state index in [0.717, 1.165) is 42.1 Å². The van der Waals surface area contributed by atoms with Crippen LogP contribution in [-0.4, -0.2) is 65.7 Å². The lowest BCUT2D eigenvalue weighted by Crippen LogP contribution is -2.51. The van der Waals surface area contributed by atoms with Crippen molar-refractivity contribution in [1.29, 1.82) is 0 Å². The zero-order valence-corrected chi connectivity index (χ0v) is 21.0. The van der Waals surface area contributed by atoms with Crippen molar-refractivity contribution in [1.82, 2.24) is 15.2 Å². The van der Waals surface area contributed by atoms with Crippen LogP contribution in [0.4, 0.5) is 0 Å². The Labute approximate surface area is 213 Å². The number of para-hydroxylation sites is 1. The van der Waals surface area contributed by atoms with E-state index in [9.17, 15) is 14.4 Å². The molecule has 3 rings (SSSR count). The molecule has 36 heavy (non-hydrogen) atoms. The van der Waals surface area contributed by atoms with Crippen LogP contribution in [0.25, 0.3) is 10.9 Å². The molecule has 1 aromatic carbocycles. The topological polar surface area (TPSA) is 157 Å². The van der Waals surface area contributed by atoms with Gasteiger partial charge >= 0.3 is 0 Å². The highest BCUT2D eigenvalue weighted by Crippen LogP contribution is 2.28. The first-order chi connectivity index (χ1) is 17.4. The van der Waals surface area contributed by atoms with Crippen molar-refractivity contribution in [2.45, 2.75) is 63.5 Å². The van der Waals surface area contributed by atoms with Gasteiger partial charge in [0.05, 0.1) is 24.0 Å². The molecule has 1 fully saturated rings. The fourth-order valence-electron chi connectivity index (χ4n) is 4.93. The maximum Gasteiger partial charge on any atom is 0.238 e. The molecule has 0 unspecified atom stereocenters. The quantitative estimate of drug-likeness (QED) is 0.325. The number of Topliss-reactive ketones (excluding diaryl/α,β-unsaturated/α-hetero) is 1. The summed E-state index contributed by atoms with van der Waals surface area (Å²) in [5.41, 5.74) is 18.9. The third-order valence-electron chi connectivity index (χ3n) is 6.91. The van der Waals surface area contributed by atoms with E-state index in [0.29, 0.717) is 38.5 Å². The summed E-state index contributed by atoms with van der Waals surface area (Å²) in [6.07, 6.45) is 7.89. The number of nitrogens with zero attached hydrogens (tertiary/aromatic N) is 2. The van der Waals surface area contributed by atoms with Gasteiger partial charge in [0.2, 0.25) is 11.8 Å². The number of ketones is 1. The molecule has 0 radical (unpaired) electrons. The fraction of sp³-hybridized carbons (Fsp3) is 0.556. The third-order valence-corrected chi connectivity index (χ3v) is 6.91. The first-order valence-corrected chi connectivity index (χ1v) is 13.0. The number of nitrogens with one attached hydrogen (secondary N) is 1. The molecule has 2 atom stereocenters. The number of carbonyl (C=O) groups is 3. The highest BCUT2D eigenvalue weighted by Gasteiger charge is 2.29. The molecular formula is C27H40N6O3. The highest BCUT2D eigenvalue weighted by molar-refractivity contribution is 5.94. The predicted molar refractivity (Wildman–Crippen MR) is 141 cm³/mol. The average Bonchev–Trinajstić information content (AvgIpc) is 2.88. The number of amides is 2. The van der Waals surface area contributed by atoms with Crippen LogP contribution in [-0.2, 0) is 20.8 Å². The molecule has 7 N–H and O–H groups in total. The van der Waals surface area contributed by atoms with Crippen molar-refractivity contribution in [3.8, 4) is 0 Å². The first kappa shape index (κ1) is 27.7. The van der Waals surface area contributed by atoms with Crippen molar-refractivity contribution < 1.29 is 14.4 Å². The minimum absolute atomic E-state index is 0.0718. The van der Waals surface area contributed by atoms with E-state index in [4.69, 9.17) is 17.2 Å². The van der Waals surface area contributed by atoms with Crippen LogP contribution in [0.3, 0.4) is 0 Å². The van der Waals surface area contributed by atoms with Gasteiger partial charge in [0, 0.05) is 44.2 Å². The normalized spacial score (nSPS) is 15.9. The Bertz CT molecular complexity index is 1020. The Kier molecular flexibility index (Phi) is 10.8. The number of nitrogens with two attached hydrogens (primary N) is 3. The standard InChI is InChI=1S/C27H40N6O3/c28-10-12-33(13-11-29)26(35)17-22(30)27(36)32-24(15-19-6-2-1-3-7-19)25(34)16-20-14-21-8-4-5-9-23(21)31-18-20/h4-5,8-9,14,18-19,22,24H,1-3,6-7,10-13,15-17,28-30H2,(H,32,36)/t22-,24-/m0/s1. The lowest BCUT2D eigenvalue weighted by molar-refractivity contribution is -0.135. The summed E-state index contributed by atoms with van der Waals surface area (Å²) in [6, 6.07) is 8.01. The Morgan fingerprint density at radius 2 is 1.75 bits per heavy atom. The minimum Gasteiger partial charge on any atom is -0.345 e. The lowest BCUT2D eigenvalue weighted by atomic mass is 9.83. The molecule has 1 aliphatic carbocycles. The smallest absolute Gasteiger partial charge is 0.238 e. The van der Waals surface area contributed by atoms with Gasteiger partial charge < -0.3 is 27.4 Å². The summed E-state index contributed by atoms with van der Waals surface area (Å²) in [5.74, 6) is -0.455. The Morgan fingerprint density at radius 1 is 1.06 bits per heavy atom. The molecule has 1 aromatic heterocycles.